The summed E-state index contributed by atoms with van der Waals surface area (Å²) in [6, 6.07) is 0.248. The maximum Gasteiger partial charge on any atom is 0.282 e. The Labute approximate surface area is 146 Å². The van der Waals surface area contributed by atoms with Crippen LogP contribution >= 0.6 is 0 Å². The summed E-state index contributed by atoms with van der Waals surface area (Å²) in [6.07, 6.45) is 11.4. The van der Waals surface area contributed by atoms with Crippen LogP contribution in [0.1, 0.15) is 57.2 Å². The molecule has 2 aromatic rings. The Balaban J connectivity index is 1.55. The Morgan fingerprint density at radius 2 is 1.96 bits per heavy atom. The van der Waals surface area contributed by atoms with Gasteiger partial charge in [0.25, 0.3) is 5.56 Å². The number of aryl methyl sites for hydroxylation is 2. The van der Waals surface area contributed by atoms with E-state index in [2.05, 4.69) is 19.9 Å². The van der Waals surface area contributed by atoms with Crippen LogP contribution in [0.3, 0.4) is 0 Å². The molecule has 0 bridgehead atoms. The van der Waals surface area contributed by atoms with Gasteiger partial charge in [-0.1, -0.05) is 25.7 Å². The number of imidazole rings is 1. The lowest BCUT2D eigenvalue weighted by Crippen LogP contribution is -2.39. The number of hydrogen-bond acceptors (Lipinski definition) is 4. The van der Waals surface area contributed by atoms with Gasteiger partial charge in [-0.3, -0.25) is 14.2 Å². The van der Waals surface area contributed by atoms with Crippen LogP contribution < -0.4 is 10.9 Å². The van der Waals surface area contributed by atoms with Crippen molar-refractivity contribution in [2.75, 3.05) is 0 Å². The second kappa shape index (κ2) is 6.98. The van der Waals surface area contributed by atoms with E-state index in [0.717, 1.165) is 44.5 Å². The number of rotatable bonds is 3. The first-order valence-corrected chi connectivity index (χ1v) is 9.46. The summed E-state index contributed by atoms with van der Waals surface area (Å²) in [7, 11) is 0. The fourth-order valence-electron chi connectivity index (χ4n) is 4.02. The summed E-state index contributed by atoms with van der Waals surface area (Å²) in [6.45, 7) is 0.880. The quantitative estimate of drug-likeness (QED) is 0.921. The zero-order valence-corrected chi connectivity index (χ0v) is 14.5. The summed E-state index contributed by atoms with van der Waals surface area (Å²) in [5, 5.41) is 3.05. The molecule has 134 valence electrons. The molecule has 3 heterocycles. The summed E-state index contributed by atoms with van der Waals surface area (Å²) in [5.41, 5.74) is 0.833. The molecule has 1 aliphatic carbocycles. The van der Waals surface area contributed by atoms with Crippen molar-refractivity contribution in [3.05, 3.63) is 22.5 Å². The maximum atomic E-state index is 12.7. The molecule has 0 unspecified atom stereocenters. The first-order chi connectivity index (χ1) is 12.2. The molecule has 1 fully saturated rings. The first-order valence-electron chi connectivity index (χ1n) is 9.46. The van der Waals surface area contributed by atoms with Crippen molar-refractivity contribution in [3.63, 3.8) is 0 Å². The van der Waals surface area contributed by atoms with Crippen molar-refractivity contribution in [2.45, 2.75) is 76.9 Å². The molecule has 2 aromatic heterocycles. The van der Waals surface area contributed by atoms with Gasteiger partial charge in [-0.15, -0.1) is 0 Å². The van der Waals surface area contributed by atoms with Crippen LogP contribution in [-0.2, 0) is 24.3 Å². The lowest BCUT2D eigenvalue weighted by Gasteiger charge is -2.22. The van der Waals surface area contributed by atoms with Gasteiger partial charge in [0, 0.05) is 19.0 Å². The molecule has 4 rings (SSSR count). The van der Waals surface area contributed by atoms with Crippen molar-refractivity contribution in [3.8, 4) is 0 Å². The number of nitrogens with one attached hydrogen (secondary N) is 1. The van der Waals surface area contributed by atoms with Crippen molar-refractivity contribution >= 4 is 17.1 Å². The number of hydrogen-bond donors (Lipinski definition) is 1. The zero-order valence-electron chi connectivity index (χ0n) is 14.5. The van der Waals surface area contributed by atoms with E-state index in [-0.39, 0.29) is 24.1 Å². The fraction of sp³-hybridized carbons (Fsp3) is 0.667. The van der Waals surface area contributed by atoms with E-state index in [1.54, 1.807) is 0 Å². The van der Waals surface area contributed by atoms with Crippen molar-refractivity contribution in [1.82, 2.24) is 24.4 Å². The molecule has 2 aliphatic rings. The van der Waals surface area contributed by atoms with Gasteiger partial charge in [0.05, 0.1) is 0 Å². The zero-order chi connectivity index (χ0) is 17.2. The van der Waals surface area contributed by atoms with Crippen LogP contribution in [0.2, 0.25) is 0 Å². The van der Waals surface area contributed by atoms with Gasteiger partial charge in [-0.25, -0.2) is 9.97 Å². The highest BCUT2D eigenvalue weighted by atomic mass is 16.2. The van der Waals surface area contributed by atoms with Crippen LogP contribution in [0, 0.1) is 0 Å². The molecule has 0 spiro atoms. The minimum absolute atomic E-state index is 0.0144. The second-order valence-electron chi connectivity index (χ2n) is 7.24. The van der Waals surface area contributed by atoms with E-state index in [9.17, 15) is 9.59 Å². The average molecular weight is 343 g/mol. The van der Waals surface area contributed by atoms with Crippen LogP contribution in [0.15, 0.2) is 11.1 Å². The number of carbonyl (C=O) groups is 1. The molecule has 1 aliphatic heterocycles. The lowest BCUT2D eigenvalue weighted by atomic mass is 9.95. The van der Waals surface area contributed by atoms with E-state index in [1.165, 1.54) is 36.6 Å². The number of amides is 1. The summed E-state index contributed by atoms with van der Waals surface area (Å²) >= 11 is 0. The smallest absolute Gasteiger partial charge is 0.282 e. The summed E-state index contributed by atoms with van der Waals surface area (Å²) in [5.74, 6) is 0.831. The Bertz CT molecular complexity index is 832. The van der Waals surface area contributed by atoms with E-state index in [4.69, 9.17) is 0 Å². The minimum atomic E-state index is -0.218. The molecular weight excluding hydrogens is 318 g/mol. The molecule has 1 saturated carbocycles. The molecule has 0 saturated heterocycles. The van der Waals surface area contributed by atoms with Gasteiger partial charge >= 0.3 is 0 Å². The van der Waals surface area contributed by atoms with Gasteiger partial charge < -0.3 is 9.88 Å². The van der Waals surface area contributed by atoms with E-state index in [0.29, 0.717) is 11.2 Å². The molecule has 1 N–H and O–H groups in total. The second-order valence-corrected chi connectivity index (χ2v) is 7.24. The first kappa shape index (κ1) is 16.3. The van der Waals surface area contributed by atoms with Gasteiger partial charge in [0.2, 0.25) is 5.91 Å². The van der Waals surface area contributed by atoms with Crippen LogP contribution in [0.4, 0.5) is 0 Å². The topological polar surface area (TPSA) is 81.8 Å². The fourth-order valence-corrected chi connectivity index (χ4v) is 4.02. The van der Waals surface area contributed by atoms with Gasteiger partial charge in [-0.2, -0.15) is 0 Å². The van der Waals surface area contributed by atoms with Gasteiger partial charge in [-0.05, 0) is 25.7 Å². The summed E-state index contributed by atoms with van der Waals surface area (Å²) in [4.78, 5) is 34.0. The molecule has 7 nitrogen and oxygen atoms in total. The van der Waals surface area contributed by atoms with Crippen molar-refractivity contribution in [1.29, 1.82) is 0 Å². The highest BCUT2D eigenvalue weighted by Gasteiger charge is 2.20. The van der Waals surface area contributed by atoms with Gasteiger partial charge in [0.1, 0.15) is 18.7 Å². The normalized spacial score (nSPS) is 18.7. The predicted octanol–water partition coefficient (Wildman–Crippen LogP) is 1.77. The third kappa shape index (κ3) is 3.32. The molecule has 25 heavy (non-hydrogen) atoms. The Morgan fingerprint density at radius 3 is 2.80 bits per heavy atom. The van der Waals surface area contributed by atoms with E-state index >= 15 is 0 Å². The number of nitrogens with zero attached hydrogens (tertiary/aromatic N) is 4. The Morgan fingerprint density at radius 1 is 1.16 bits per heavy atom. The maximum absolute atomic E-state index is 12.7. The number of aromatic nitrogens is 4. The highest BCUT2D eigenvalue weighted by molar-refractivity contribution is 5.77. The largest absolute Gasteiger partial charge is 0.352 e. The van der Waals surface area contributed by atoms with Gasteiger partial charge in [0.15, 0.2) is 11.2 Å². The molecule has 0 atom stereocenters. The SMILES string of the molecule is O=C(Cn1cnc2c(nc3n2CCCCC3)c1=O)NC1CCCCC1. The molecule has 7 heteroatoms. The summed E-state index contributed by atoms with van der Waals surface area (Å²) < 4.78 is 3.45. The van der Waals surface area contributed by atoms with Crippen molar-refractivity contribution in [2.24, 2.45) is 0 Å². The van der Waals surface area contributed by atoms with Crippen LogP contribution in [0.5, 0.6) is 0 Å². The third-order valence-corrected chi connectivity index (χ3v) is 5.37. The predicted molar refractivity (Wildman–Crippen MR) is 94.4 cm³/mol. The Kier molecular flexibility index (Phi) is 4.55. The average Bonchev–Trinajstić information content (AvgIpc) is 2.81. The van der Waals surface area contributed by atoms with Crippen molar-refractivity contribution < 1.29 is 4.79 Å². The minimum Gasteiger partial charge on any atom is -0.352 e. The standard InChI is InChI=1S/C18H25N5O2/c24-15(20-13-7-3-1-4-8-13)11-22-12-19-17-16(18(22)25)21-14-9-5-2-6-10-23(14)17/h12-13H,1-11H2,(H,20,24). The third-order valence-electron chi connectivity index (χ3n) is 5.37. The number of fused-ring (bicyclic) bond motifs is 3. The molecular formula is C18H25N5O2. The lowest BCUT2D eigenvalue weighted by molar-refractivity contribution is -0.122. The molecule has 0 aromatic carbocycles. The molecule has 0 radical (unpaired) electrons. The van der Waals surface area contributed by atoms with E-state index < -0.39 is 0 Å². The number of carbonyl (C=O) groups excluding carboxylic acids is 1. The van der Waals surface area contributed by atoms with Crippen LogP contribution in [0.25, 0.3) is 11.2 Å². The Hall–Kier alpha value is -2.18. The van der Waals surface area contributed by atoms with Crippen LogP contribution in [-0.4, -0.2) is 31.1 Å². The monoisotopic (exact) mass is 343 g/mol. The molecule has 1 amide bonds. The highest BCUT2D eigenvalue weighted by Crippen LogP contribution is 2.19. The van der Waals surface area contributed by atoms with E-state index in [1.807, 2.05) is 0 Å².